The Morgan fingerprint density at radius 3 is 1.50 bits per heavy atom. The van der Waals surface area contributed by atoms with Gasteiger partial charge < -0.3 is 18.6 Å². The predicted octanol–water partition coefficient (Wildman–Crippen LogP) is 5.07. The molecule has 6 aromatic rings. The number of methoxy groups -OCH3 is 2. The van der Waals surface area contributed by atoms with Crippen LogP contribution in [0.1, 0.15) is 22.8 Å². The molecule has 0 spiro atoms. The number of rotatable bonds is 6. The van der Waals surface area contributed by atoms with E-state index in [4.69, 9.17) is 9.47 Å². The van der Waals surface area contributed by atoms with Crippen molar-refractivity contribution in [2.24, 2.45) is 0 Å². The van der Waals surface area contributed by atoms with Crippen LogP contribution in [0.5, 0.6) is 0 Å². The topological polar surface area (TPSA) is 54.1 Å². The molecule has 6 heteroatoms. The van der Waals surface area contributed by atoms with E-state index in [1.165, 1.54) is 21.5 Å². The summed E-state index contributed by atoms with van der Waals surface area (Å²) in [4.78, 5) is 8.85. The van der Waals surface area contributed by atoms with Crippen molar-refractivity contribution in [2.75, 3.05) is 27.4 Å². The minimum Gasteiger partial charge on any atom is -0.383 e. The average Bonchev–Trinajstić information content (AvgIpc) is 3.60. The standard InChI is InChI=1S/C32H26N4O2/c1-37-21-19-35-17-15-33-29(35)13-9-23-3-5-25-8-12-28-24(4-6-26-7-11-27(23)31(25)32(26)28)10-14-30-34-16-18-36(30)20-22-38-2/h3-8,11-12,15-18H,19-22H2,1-2H3. The van der Waals surface area contributed by atoms with Crippen molar-refractivity contribution in [1.29, 1.82) is 0 Å². The molecular weight excluding hydrogens is 472 g/mol. The van der Waals surface area contributed by atoms with Crippen LogP contribution in [0.15, 0.2) is 73.3 Å². The Bertz CT molecular complexity index is 1740. The van der Waals surface area contributed by atoms with Gasteiger partial charge in [-0.25, -0.2) is 9.97 Å². The van der Waals surface area contributed by atoms with E-state index in [2.05, 4.69) is 82.2 Å². The monoisotopic (exact) mass is 498 g/mol. The molecular formula is C32H26N4O2. The molecule has 0 aliphatic carbocycles. The summed E-state index contributed by atoms with van der Waals surface area (Å²) in [5.41, 5.74) is 1.95. The minimum atomic E-state index is 0.615. The highest BCUT2D eigenvalue weighted by Gasteiger charge is 2.12. The maximum Gasteiger partial charge on any atom is 0.185 e. The lowest BCUT2D eigenvalue weighted by atomic mass is 9.90. The van der Waals surface area contributed by atoms with Crippen molar-refractivity contribution in [2.45, 2.75) is 13.1 Å². The van der Waals surface area contributed by atoms with Gasteiger partial charge in [0.15, 0.2) is 11.6 Å². The van der Waals surface area contributed by atoms with E-state index < -0.39 is 0 Å². The number of ether oxygens (including phenoxy) is 2. The van der Waals surface area contributed by atoms with Gasteiger partial charge in [0.25, 0.3) is 0 Å². The van der Waals surface area contributed by atoms with Crippen molar-refractivity contribution >= 4 is 32.3 Å². The van der Waals surface area contributed by atoms with Crippen LogP contribution in [0.4, 0.5) is 0 Å². The summed E-state index contributed by atoms with van der Waals surface area (Å²) in [6.45, 7) is 2.67. The first kappa shape index (κ1) is 23.8. The number of imidazole rings is 2. The molecule has 0 saturated heterocycles. The van der Waals surface area contributed by atoms with Crippen LogP contribution >= 0.6 is 0 Å². The van der Waals surface area contributed by atoms with Crippen molar-refractivity contribution in [3.8, 4) is 23.7 Å². The summed E-state index contributed by atoms with van der Waals surface area (Å²) in [6.07, 6.45) is 7.41. The number of hydrogen-bond acceptors (Lipinski definition) is 4. The summed E-state index contributed by atoms with van der Waals surface area (Å²) >= 11 is 0. The van der Waals surface area contributed by atoms with Crippen molar-refractivity contribution in [3.05, 3.63) is 96.1 Å². The van der Waals surface area contributed by atoms with Gasteiger partial charge in [-0.15, -0.1) is 0 Å². The van der Waals surface area contributed by atoms with Gasteiger partial charge in [0.05, 0.1) is 13.2 Å². The molecule has 6 nitrogen and oxygen atoms in total. The van der Waals surface area contributed by atoms with Crippen LogP contribution in [0, 0.1) is 23.7 Å². The Balaban J connectivity index is 1.45. The highest BCUT2D eigenvalue weighted by molar-refractivity contribution is 6.24. The van der Waals surface area contributed by atoms with E-state index in [1.807, 2.05) is 21.5 Å². The second-order valence-electron chi connectivity index (χ2n) is 9.02. The van der Waals surface area contributed by atoms with Crippen LogP contribution < -0.4 is 0 Å². The largest absolute Gasteiger partial charge is 0.383 e. The second-order valence-corrected chi connectivity index (χ2v) is 9.02. The molecule has 186 valence electrons. The maximum absolute atomic E-state index is 5.21. The fourth-order valence-corrected chi connectivity index (χ4v) is 4.87. The van der Waals surface area contributed by atoms with Gasteiger partial charge in [0.1, 0.15) is 0 Å². The average molecular weight is 499 g/mol. The zero-order valence-electron chi connectivity index (χ0n) is 21.4. The quantitative estimate of drug-likeness (QED) is 0.238. The Morgan fingerprint density at radius 2 is 1.05 bits per heavy atom. The molecule has 0 aliphatic rings. The molecule has 0 bridgehead atoms. The summed E-state index contributed by atoms with van der Waals surface area (Å²) < 4.78 is 14.4. The number of benzene rings is 4. The summed E-state index contributed by atoms with van der Waals surface area (Å²) in [5.74, 6) is 14.7. The van der Waals surface area contributed by atoms with E-state index in [9.17, 15) is 0 Å². The van der Waals surface area contributed by atoms with E-state index in [0.717, 1.165) is 46.6 Å². The van der Waals surface area contributed by atoms with Crippen LogP contribution in [-0.4, -0.2) is 46.5 Å². The summed E-state index contributed by atoms with van der Waals surface area (Å²) in [6, 6.07) is 17.2. The fourth-order valence-electron chi connectivity index (χ4n) is 4.87. The molecule has 4 aromatic carbocycles. The van der Waals surface area contributed by atoms with Gasteiger partial charge in [-0.3, -0.25) is 0 Å². The molecule has 0 amide bonds. The maximum atomic E-state index is 5.21. The molecule has 0 aliphatic heterocycles. The normalized spacial score (nSPS) is 11.1. The summed E-state index contributed by atoms with van der Waals surface area (Å²) in [7, 11) is 3.39. The minimum absolute atomic E-state index is 0.615. The number of aromatic nitrogens is 4. The van der Waals surface area contributed by atoms with Crippen LogP contribution in [0.25, 0.3) is 32.3 Å². The molecule has 0 fully saturated rings. The van der Waals surface area contributed by atoms with E-state index >= 15 is 0 Å². The van der Waals surface area contributed by atoms with Crippen LogP contribution in [-0.2, 0) is 22.6 Å². The van der Waals surface area contributed by atoms with E-state index in [0.29, 0.717) is 13.2 Å². The molecule has 38 heavy (non-hydrogen) atoms. The molecule has 2 heterocycles. The van der Waals surface area contributed by atoms with Gasteiger partial charge in [-0.1, -0.05) is 48.2 Å². The van der Waals surface area contributed by atoms with Crippen molar-refractivity contribution < 1.29 is 9.47 Å². The predicted molar refractivity (Wildman–Crippen MR) is 150 cm³/mol. The molecule has 0 unspecified atom stereocenters. The number of hydrogen-bond donors (Lipinski definition) is 0. The zero-order valence-corrected chi connectivity index (χ0v) is 21.4. The SMILES string of the molecule is COCCn1ccnc1C#Cc1ccc2ccc3c(C#Cc4nccn4CCOC)ccc4ccc1c2c43. The Hall–Kier alpha value is -4.62. The molecule has 0 atom stereocenters. The molecule has 0 N–H and O–H groups in total. The second kappa shape index (κ2) is 10.4. The lowest BCUT2D eigenvalue weighted by Crippen LogP contribution is -2.05. The molecule has 6 rings (SSSR count). The first-order valence-electron chi connectivity index (χ1n) is 12.5. The Morgan fingerprint density at radius 1 is 0.605 bits per heavy atom. The van der Waals surface area contributed by atoms with Crippen molar-refractivity contribution in [1.82, 2.24) is 19.1 Å². The lowest BCUT2D eigenvalue weighted by Gasteiger charge is -2.13. The number of nitrogens with zero attached hydrogens (tertiary/aromatic N) is 4. The van der Waals surface area contributed by atoms with E-state index in [-0.39, 0.29) is 0 Å². The first-order valence-corrected chi connectivity index (χ1v) is 12.5. The zero-order chi connectivity index (χ0) is 25.9. The van der Waals surface area contributed by atoms with Crippen LogP contribution in [0.2, 0.25) is 0 Å². The van der Waals surface area contributed by atoms with Gasteiger partial charge >= 0.3 is 0 Å². The smallest absolute Gasteiger partial charge is 0.185 e. The summed E-state index contributed by atoms with van der Waals surface area (Å²) in [5, 5.41) is 7.04. The third-order valence-electron chi connectivity index (χ3n) is 6.79. The van der Waals surface area contributed by atoms with E-state index in [1.54, 1.807) is 26.6 Å². The van der Waals surface area contributed by atoms with Gasteiger partial charge in [-0.2, -0.15) is 0 Å². The lowest BCUT2D eigenvalue weighted by molar-refractivity contribution is 0.187. The van der Waals surface area contributed by atoms with Crippen molar-refractivity contribution in [3.63, 3.8) is 0 Å². The Kier molecular flexibility index (Phi) is 6.50. The Labute approximate surface area is 221 Å². The highest BCUT2D eigenvalue weighted by atomic mass is 16.5. The molecule has 2 aromatic heterocycles. The van der Waals surface area contributed by atoms with Gasteiger partial charge in [0, 0.05) is 63.2 Å². The third-order valence-corrected chi connectivity index (χ3v) is 6.79. The first-order chi connectivity index (χ1) is 18.8. The van der Waals surface area contributed by atoms with Crippen LogP contribution in [0.3, 0.4) is 0 Å². The van der Waals surface area contributed by atoms with Gasteiger partial charge in [0.2, 0.25) is 0 Å². The fraction of sp³-hybridized carbons (Fsp3) is 0.188. The highest BCUT2D eigenvalue weighted by Crippen LogP contribution is 2.37. The third kappa shape index (κ3) is 4.37. The van der Waals surface area contributed by atoms with Gasteiger partial charge in [-0.05, 0) is 56.3 Å². The molecule has 0 radical (unpaired) electrons. The molecule has 0 saturated carbocycles.